The predicted molar refractivity (Wildman–Crippen MR) is 85.1 cm³/mol. The molecule has 0 aliphatic carbocycles. The molecule has 0 N–H and O–H groups in total. The van der Waals surface area contributed by atoms with Gasteiger partial charge in [0.2, 0.25) is 11.8 Å². The van der Waals surface area contributed by atoms with Gasteiger partial charge in [-0.15, -0.1) is 0 Å². The number of rotatable bonds is 6. The van der Waals surface area contributed by atoms with E-state index >= 15 is 0 Å². The van der Waals surface area contributed by atoms with Crippen LogP contribution >= 0.6 is 0 Å². The number of likely N-dealkylation sites (tertiary alicyclic amines) is 1. The minimum Gasteiger partial charge on any atom is -0.342 e. The topological polar surface area (TPSA) is 43.9 Å². The van der Waals surface area contributed by atoms with Crippen LogP contribution in [0.4, 0.5) is 0 Å². The summed E-state index contributed by atoms with van der Waals surface area (Å²) in [5.74, 6) is 0.259. The Morgan fingerprint density at radius 2 is 1.43 bits per heavy atom. The first-order valence-electron chi connectivity index (χ1n) is 8.32. The number of carbonyl (C=O) groups excluding carboxylic acids is 2. The Balaban J connectivity index is 2.39. The molecule has 21 heavy (non-hydrogen) atoms. The monoisotopic (exact) mass is 297 g/mol. The highest BCUT2D eigenvalue weighted by atomic mass is 16.2. The van der Waals surface area contributed by atoms with Gasteiger partial charge in [0.1, 0.15) is 0 Å². The fourth-order valence-corrected chi connectivity index (χ4v) is 2.79. The molecule has 0 radical (unpaired) electrons. The first-order chi connectivity index (χ1) is 10.1. The van der Waals surface area contributed by atoms with Gasteiger partial charge < -0.3 is 9.80 Å². The fourth-order valence-electron chi connectivity index (χ4n) is 2.79. The SMILES string of the molecule is CCN(CC)C(=O)CN(C)CC(=O)N1CCCCCCC1. The van der Waals surface area contributed by atoms with Crippen molar-refractivity contribution in [2.24, 2.45) is 0 Å². The van der Waals surface area contributed by atoms with Crippen molar-refractivity contribution in [3.8, 4) is 0 Å². The Hall–Kier alpha value is -1.10. The largest absolute Gasteiger partial charge is 0.342 e. The molecule has 2 amide bonds. The van der Waals surface area contributed by atoms with Gasteiger partial charge in [-0.1, -0.05) is 19.3 Å². The van der Waals surface area contributed by atoms with Crippen molar-refractivity contribution in [1.82, 2.24) is 14.7 Å². The predicted octanol–water partition coefficient (Wildman–Crippen LogP) is 1.58. The van der Waals surface area contributed by atoms with Crippen LogP contribution in [-0.4, -0.2) is 72.8 Å². The van der Waals surface area contributed by atoms with Crippen molar-refractivity contribution >= 4 is 11.8 Å². The van der Waals surface area contributed by atoms with Crippen LogP contribution in [0.1, 0.15) is 46.0 Å². The third-order valence-corrected chi connectivity index (χ3v) is 4.14. The second kappa shape index (κ2) is 9.77. The summed E-state index contributed by atoms with van der Waals surface area (Å²) in [6.07, 6.45) is 5.95. The van der Waals surface area contributed by atoms with E-state index in [-0.39, 0.29) is 11.8 Å². The standard InChI is InChI=1S/C16H31N3O2/c1-4-18(5-2)15(20)13-17(3)14-16(21)19-11-9-7-6-8-10-12-19/h4-14H2,1-3H3. The molecule has 0 unspecified atom stereocenters. The first-order valence-corrected chi connectivity index (χ1v) is 8.32. The molecule has 0 atom stereocenters. The molecule has 0 spiro atoms. The number of amides is 2. The highest BCUT2D eigenvalue weighted by molar-refractivity contribution is 5.81. The lowest BCUT2D eigenvalue weighted by molar-refractivity contribution is -0.135. The summed E-state index contributed by atoms with van der Waals surface area (Å²) in [5, 5.41) is 0. The van der Waals surface area contributed by atoms with Gasteiger partial charge >= 0.3 is 0 Å². The molecular formula is C16H31N3O2. The van der Waals surface area contributed by atoms with Gasteiger partial charge in [0.05, 0.1) is 13.1 Å². The molecule has 0 aromatic rings. The van der Waals surface area contributed by atoms with Crippen LogP contribution in [0.25, 0.3) is 0 Å². The zero-order valence-corrected chi connectivity index (χ0v) is 13.9. The fraction of sp³-hybridized carbons (Fsp3) is 0.875. The van der Waals surface area contributed by atoms with Gasteiger partial charge in [-0.2, -0.15) is 0 Å². The third-order valence-electron chi connectivity index (χ3n) is 4.14. The molecule has 1 rings (SSSR count). The molecule has 5 heteroatoms. The molecule has 1 heterocycles. The van der Waals surface area contributed by atoms with Crippen molar-refractivity contribution in [1.29, 1.82) is 0 Å². The summed E-state index contributed by atoms with van der Waals surface area (Å²) < 4.78 is 0. The molecule has 1 aliphatic rings. The summed E-state index contributed by atoms with van der Waals surface area (Å²) in [5.41, 5.74) is 0. The maximum atomic E-state index is 12.3. The molecular weight excluding hydrogens is 266 g/mol. The second-order valence-corrected chi connectivity index (χ2v) is 5.89. The van der Waals surface area contributed by atoms with Crippen LogP contribution in [0.3, 0.4) is 0 Å². The smallest absolute Gasteiger partial charge is 0.236 e. The van der Waals surface area contributed by atoms with Gasteiger partial charge in [0.15, 0.2) is 0 Å². The third kappa shape index (κ3) is 6.46. The van der Waals surface area contributed by atoms with E-state index < -0.39 is 0 Å². The molecule has 122 valence electrons. The maximum Gasteiger partial charge on any atom is 0.236 e. The van der Waals surface area contributed by atoms with E-state index in [1.165, 1.54) is 19.3 Å². The number of hydrogen-bond acceptors (Lipinski definition) is 3. The van der Waals surface area contributed by atoms with E-state index in [1.54, 1.807) is 4.90 Å². The molecule has 0 saturated carbocycles. The average Bonchev–Trinajstić information content (AvgIpc) is 2.38. The average molecular weight is 297 g/mol. The molecule has 1 aliphatic heterocycles. The Morgan fingerprint density at radius 3 is 1.95 bits per heavy atom. The molecule has 1 saturated heterocycles. The number of likely N-dealkylation sites (N-methyl/N-ethyl adjacent to an activating group) is 2. The number of carbonyl (C=O) groups is 2. The van der Waals surface area contributed by atoms with Gasteiger partial charge in [-0.25, -0.2) is 0 Å². The molecule has 0 aromatic heterocycles. The summed E-state index contributed by atoms with van der Waals surface area (Å²) in [4.78, 5) is 30.0. The van der Waals surface area contributed by atoms with Crippen molar-refractivity contribution in [2.75, 3.05) is 46.3 Å². The van der Waals surface area contributed by atoms with E-state index in [9.17, 15) is 9.59 Å². The Morgan fingerprint density at radius 1 is 0.905 bits per heavy atom. The van der Waals surface area contributed by atoms with Gasteiger partial charge in [-0.05, 0) is 33.7 Å². The summed E-state index contributed by atoms with van der Waals surface area (Å²) in [6, 6.07) is 0. The van der Waals surface area contributed by atoms with Crippen LogP contribution in [0.15, 0.2) is 0 Å². The summed E-state index contributed by atoms with van der Waals surface area (Å²) in [7, 11) is 1.85. The minimum absolute atomic E-state index is 0.1000. The lowest BCUT2D eigenvalue weighted by Crippen LogP contribution is -2.44. The molecule has 5 nitrogen and oxygen atoms in total. The van der Waals surface area contributed by atoms with Gasteiger partial charge in [0, 0.05) is 26.2 Å². The summed E-state index contributed by atoms with van der Waals surface area (Å²) >= 11 is 0. The second-order valence-electron chi connectivity index (χ2n) is 5.89. The highest BCUT2D eigenvalue weighted by Crippen LogP contribution is 2.10. The van der Waals surface area contributed by atoms with E-state index in [0.717, 1.165) is 39.0 Å². The zero-order chi connectivity index (χ0) is 15.7. The molecule has 0 bridgehead atoms. The van der Waals surface area contributed by atoms with Crippen molar-refractivity contribution in [2.45, 2.75) is 46.0 Å². The van der Waals surface area contributed by atoms with Crippen LogP contribution in [0.5, 0.6) is 0 Å². The summed E-state index contributed by atoms with van der Waals surface area (Å²) in [6.45, 7) is 7.81. The van der Waals surface area contributed by atoms with Crippen LogP contribution in [0, 0.1) is 0 Å². The van der Waals surface area contributed by atoms with E-state index in [1.807, 2.05) is 30.7 Å². The Labute approximate surface area is 129 Å². The van der Waals surface area contributed by atoms with Crippen LogP contribution in [0.2, 0.25) is 0 Å². The van der Waals surface area contributed by atoms with Crippen molar-refractivity contribution < 1.29 is 9.59 Å². The van der Waals surface area contributed by atoms with Gasteiger partial charge in [-0.3, -0.25) is 14.5 Å². The Kier molecular flexibility index (Phi) is 8.35. The normalized spacial score (nSPS) is 16.5. The zero-order valence-electron chi connectivity index (χ0n) is 13.9. The highest BCUT2D eigenvalue weighted by Gasteiger charge is 2.19. The lowest BCUT2D eigenvalue weighted by atomic mass is 10.1. The number of nitrogens with zero attached hydrogens (tertiary/aromatic N) is 3. The number of hydrogen-bond donors (Lipinski definition) is 0. The quantitative estimate of drug-likeness (QED) is 0.747. The van der Waals surface area contributed by atoms with Crippen molar-refractivity contribution in [3.63, 3.8) is 0 Å². The van der Waals surface area contributed by atoms with E-state index in [4.69, 9.17) is 0 Å². The van der Waals surface area contributed by atoms with Crippen molar-refractivity contribution in [3.05, 3.63) is 0 Å². The molecule has 0 aromatic carbocycles. The van der Waals surface area contributed by atoms with Crippen LogP contribution in [-0.2, 0) is 9.59 Å². The van der Waals surface area contributed by atoms with Gasteiger partial charge in [0.25, 0.3) is 0 Å². The van der Waals surface area contributed by atoms with Crippen LogP contribution < -0.4 is 0 Å². The minimum atomic E-state index is 0.1000. The van der Waals surface area contributed by atoms with E-state index in [2.05, 4.69) is 0 Å². The molecule has 1 fully saturated rings. The Bertz CT molecular complexity index is 321. The van der Waals surface area contributed by atoms with E-state index in [0.29, 0.717) is 13.1 Å². The first kappa shape index (κ1) is 18.0. The maximum absolute atomic E-state index is 12.3. The lowest BCUT2D eigenvalue weighted by Gasteiger charge is -2.28.